The number of likely N-dealkylation sites (tertiary alicyclic amines) is 1. The molecule has 1 heterocycles. The van der Waals surface area contributed by atoms with Crippen LogP contribution in [0.15, 0.2) is 36.4 Å². The average Bonchev–Trinajstić information content (AvgIpc) is 2.61. The van der Waals surface area contributed by atoms with Crippen LogP contribution in [0, 0.1) is 27.7 Å². The molecule has 1 aliphatic heterocycles. The first-order chi connectivity index (χ1) is 12.4. The van der Waals surface area contributed by atoms with Crippen LogP contribution in [0.25, 0.3) is 0 Å². The molecule has 2 N–H and O–H groups in total. The number of hydrogen-bond acceptors (Lipinski definition) is 2. The molecule has 1 aliphatic rings. The van der Waals surface area contributed by atoms with Gasteiger partial charge in [-0.2, -0.15) is 0 Å². The Morgan fingerprint density at radius 2 is 1.73 bits per heavy atom. The van der Waals surface area contributed by atoms with Gasteiger partial charge in [-0.3, -0.25) is 0 Å². The Hall–Kier alpha value is -2.49. The number of anilines is 2. The highest BCUT2D eigenvalue weighted by molar-refractivity contribution is 5.91. The molecule has 0 aromatic heterocycles. The van der Waals surface area contributed by atoms with Gasteiger partial charge in [0, 0.05) is 30.5 Å². The van der Waals surface area contributed by atoms with E-state index in [1.807, 2.05) is 36.9 Å². The third-order valence-electron chi connectivity index (χ3n) is 5.30. The fourth-order valence-corrected chi connectivity index (χ4v) is 3.54. The summed E-state index contributed by atoms with van der Waals surface area (Å²) in [7, 11) is 0. The van der Waals surface area contributed by atoms with Crippen LogP contribution in [0.2, 0.25) is 0 Å². The number of benzene rings is 2. The molecule has 0 unspecified atom stereocenters. The van der Waals surface area contributed by atoms with Gasteiger partial charge in [0.2, 0.25) is 0 Å². The molecule has 0 radical (unpaired) electrons. The zero-order valence-electron chi connectivity index (χ0n) is 16.2. The van der Waals surface area contributed by atoms with E-state index in [4.69, 9.17) is 0 Å². The predicted octanol–water partition coefficient (Wildman–Crippen LogP) is 5.03. The minimum absolute atomic E-state index is 0.00557. The molecule has 4 heteroatoms. The van der Waals surface area contributed by atoms with Gasteiger partial charge in [-0.05, 0) is 74.9 Å². The Kier molecular flexibility index (Phi) is 5.50. The lowest BCUT2D eigenvalue weighted by Crippen LogP contribution is -2.46. The Balaban J connectivity index is 1.64. The van der Waals surface area contributed by atoms with Crippen molar-refractivity contribution in [1.82, 2.24) is 4.90 Å². The van der Waals surface area contributed by atoms with Crippen molar-refractivity contribution >= 4 is 17.4 Å². The third-order valence-corrected chi connectivity index (χ3v) is 5.30. The molecule has 3 rings (SSSR count). The molecule has 2 aromatic carbocycles. The first kappa shape index (κ1) is 18.3. The summed E-state index contributed by atoms with van der Waals surface area (Å²) in [6.07, 6.45) is 2.10. The van der Waals surface area contributed by atoms with Crippen molar-refractivity contribution in [3.8, 4) is 0 Å². The van der Waals surface area contributed by atoms with Crippen molar-refractivity contribution in [3.05, 3.63) is 58.7 Å². The number of carbonyl (C=O) groups is 1. The quantitative estimate of drug-likeness (QED) is 0.815. The average molecular weight is 351 g/mol. The smallest absolute Gasteiger partial charge is 0.321 e. The Morgan fingerprint density at radius 3 is 2.42 bits per heavy atom. The predicted molar refractivity (Wildman–Crippen MR) is 109 cm³/mol. The van der Waals surface area contributed by atoms with Gasteiger partial charge in [0.15, 0.2) is 0 Å². The molecule has 2 amide bonds. The van der Waals surface area contributed by atoms with E-state index in [0.29, 0.717) is 0 Å². The van der Waals surface area contributed by atoms with Crippen molar-refractivity contribution in [1.29, 1.82) is 0 Å². The van der Waals surface area contributed by atoms with E-state index in [1.165, 1.54) is 11.1 Å². The van der Waals surface area contributed by atoms with Crippen LogP contribution in [0.3, 0.4) is 0 Å². The number of amides is 2. The highest BCUT2D eigenvalue weighted by Crippen LogP contribution is 2.22. The van der Waals surface area contributed by atoms with Crippen molar-refractivity contribution < 1.29 is 4.79 Å². The number of aryl methyl sites for hydroxylation is 4. The summed E-state index contributed by atoms with van der Waals surface area (Å²) in [4.78, 5) is 14.7. The Morgan fingerprint density at radius 1 is 1.00 bits per heavy atom. The molecule has 4 nitrogen and oxygen atoms in total. The van der Waals surface area contributed by atoms with Crippen molar-refractivity contribution in [3.63, 3.8) is 0 Å². The van der Waals surface area contributed by atoms with Gasteiger partial charge < -0.3 is 15.5 Å². The summed E-state index contributed by atoms with van der Waals surface area (Å²) in [5, 5.41) is 6.71. The highest BCUT2D eigenvalue weighted by Gasteiger charge is 2.24. The highest BCUT2D eigenvalue weighted by atomic mass is 16.2. The van der Waals surface area contributed by atoms with Crippen LogP contribution in [0.1, 0.15) is 35.1 Å². The van der Waals surface area contributed by atoms with Crippen molar-refractivity contribution in [2.75, 3.05) is 23.7 Å². The molecule has 0 spiro atoms. The molecule has 1 fully saturated rings. The molecule has 1 atom stereocenters. The van der Waals surface area contributed by atoms with Crippen molar-refractivity contribution in [2.45, 2.75) is 46.6 Å². The van der Waals surface area contributed by atoms with Gasteiger partial charge >= 0.3 is 6.03 Å². The third kappa shape index (κ3) is 4.18. The van der Waals surface area contributed by atoms with Gasteiger partial charge in [-0.25, -0.2) is 4.79 Å². The lowest BCUT2D eigenvalue weighted by Gasteiger charge is -2.34. The van der Waals surface area contributed by atoms with E-state index in [2.05, 4.69) is 42.7 Å². The van der Waals surface area contributed by atoms with Crippen molar-refractivity contribution in [2.24, 2.45) is 0 Å². The molecule has 26 heavy (non-hydrogen) atoms. The largest absolute Gasteiger partial charge is 0.381 e. The zero-order chi connectivity index (χ0) is 18.7. The normalized spacial score (nSPS) is 17.1. The number of urea groups is 1. The van der Waals surface area contributed by atoms with E-state index in [9.17, 15) is 4.79 Å². The van der Waals surface area contributed by atoms with E-state index in [1.54, 1.807) is 0 Å². The number of piperidine rings is 1. The van der Waals surface area contributed by atoms with Gasteiger partial charge in [0.25, 0.3) is 0 Å². The molecule has 2 aromatic rings. The molecule has 0 saturated carbocycles. The second-order valence-electron chi connectivity index (χ2n) is 7.43. The summed E-state index contributed by atoms with van der Waals surface area (Å²) >= 11 is 0. The van der Waals surface area contributed by atoms with Crippen LogP contribution < -0.4 is 10.6 Å². The van der Waals surface area contributed by atoms with E-state index in [-0.39, 0.29) is 12.1 Å². The second-order valence-corrected chi connectivity index (χ2v) is 7.43. The molecule has 0 aliphatic carbocycles. The maximum absolute atomic E-state index is 12.8. The van der Waals surface area contributed by atoms with Gasteiger partial charge in [-0.15, -0.1) is 0 Å². The summed E-state index contributed by atoms with van der Waals surface area (Å²) in [6.45, 7) is 9.85. The summed E-state index contributed by atoms with van der Waals surface area (Å²) in [5.74, 6) is 0. The molecular formula is C22H29N3O. The van der Waals surface area contributed by atoms with Crippen LogP contribution in [-0.2, 0) is 0 Å². The SMILES string of the molecule is Cc1ccc(N[C@@H]2CCCN(C(=O)Nc3c(C)cccc3C)C2)cc1C. The number of rotatable bonds is 3. The minimum Gasteiger partial charge on any atom is -0.381 e. The fourth-order valence-electron chi connectivity index (χ4n) is 3.54. The summed E-state index contributed by atoms with van der Waals surface area (Å²) < 4.78 is 0. The van der Waals surface area contributed by atoms with Gasteiger partial charge in [0.05, 0.1) is 0 Å². The van der Waals surface area contributed by atoms with E-state index < -0.39 is 0 Å². The number of para-hydroxylation sites is 1. The van der Waals surface area contributed by atoms with Gasteiger partial charge in [-0.1, -0.05) is 24.3 Å². The molecule has 138 valence electrons. The second kappa shape index (κ2) is 7.81. The number of nitrogens with zero attached hydrogens (tertiary/aromatic N) is 1. The Labute approximate surface area is 156 Å². The first-order valence-electron chi connectivity index (χ1n) is 9.40. The fraction of sp³-hybridized carbons (Fsp3) is 0.409. The van der Waals surface area contributed by atoms with Crippen LogP contribution >= 0.6 is 0 Å². The number of nitrogens with one attached hydrogen (secondary N) is 2. The number of hydrogen-bond donors (Lipinski definition) is 2. The zero-order valence-corrected chi connectivity index (χ0v) is 16.2. The maximum atomic E-state index is 12.8. The Bertz CT molecular complexity index is 780. The van der Waals surface area contributed by atoms with E-state index in [0.717, 1.165) is 48.4 Å². The summed E-state index contributed by atoms with van der Waals surface area (Å²) in [6, 6.07) is 12.8. The van der Waals surface area contributed by atoms with Gasteiger partial charge in [0.1, 0.15) is 0 Å². The standard InChI is InChI=1S/C22H29N3O/c1-15-10-11-19(13-18(15)4)23-20-9-6-12-25(14-20)22(26)24-21-16(2)7-5-8-17(21)3/h5,7-8,10-11,13,20,23H,6,9,12,14H2,1-4H3,(H,24,26)/t20-/m1/s1. The monoisotopic (exact) mass is 351 g/mol. The van der Waals surface area contributed by atoms with E-state index >= 15 is 0 Å². The summed E-state index contributed by atoms with van der Waals surface area (Å²) in [5.41, 5.74) is 6.85. The maximum Gasteiger partial charge on any atom is 0.321 e. The van der Waals surface area contributed by atoms with Crippen LogP contribution in [0.5, 0.6) is 0 Å². The molecular weight excluding hydrogens is 322 g/mol. The molecule has 1 saturated heterocycles. The lowest BCUT2D eigenvalue weighted by molar-refractivity contribution is 0.196. The topological polar surface area (TPSA) is 44.4 Å². The number of carbonyl (C=O) groups excluding carboxylic acids is 1. The van der Waals surface area contributed by atoms with Crippen LogP contribution in [0.4, 0.5) is 16.2 Å². The lowest BCUT2D eigenvalue weighted by atomic mass is 10.0. The molecule has 0 bridgehead atoms. The first-order valence-corrected chi connectivity index (χ1v) is 9.40. The van der Waals surface area contributed by atoms with Crippen LogP contribution in [-0.4, -0.2) is 30.1 Å². The minimum atomic E-state index is -0.00557.